The molecule has 0 aliphatic carbocycles. The molecule has 0 aliphatic heterocycles. The molecule has 0 aromatic heterocycles. The second-order valence-electron chi connectivity index (χ2n) is 3.62. The Labute approximate surface area is 106 Å². The minimum atomic E-state index is -0.710. The molecule has 4 heteroatoms. The quantitative estimate of drug-likeness (QED) is 0.613. The van der Waals surface area contributed by atoms with E-state index < -0.39 is 5.38 Å². The molecular weight excluding hydrogens is 247 g/mol. The number of hydrogen-bond donors (Lipinski definition) is 0. The van der Waals surface area contributed by atoms with E-state index in [1.165, 1.54) is 7.11 Å². The first-order valence-electron chi connectivity index (χ1n) is 4.90. The summed E-state index contributed by atoms with van der Waals surface area (Å²) in [5.41, 5.74) is 2.60. The Bertz CT molecular complexity index is 402. The van der Waals surface area contributed by atoms with Crippen molar-refractivity contribution in [2.45, 2.75) is 19.2 Å². The molecule has 88 valence electrons. The summed E-state index contributed by atoms with van der Waals surface area (Å²) >= 11 is 11.4. The molecule has 1 atom stereocenters. The molecule has 2 nitrogen and oxygen atoms in total. The first-order chi connectivity index (χ1) is 7.51. The molecule has 1 aromatic carbocycles. The summed E-state index contributed by atoms with van der Waals surface area (Å²) in [6.07, 6.45) is 0. The van der Waals surface area contributed by atoms with E-state index in [0.717, 1.165) is 11.1 Å². The number of ketones is 1. The van der Waals surface area contributed by atoms with E-state index in [1.54, 1.807) is 6.07 Å². The number of hydrogen-bond acceptors (Lipinski definition) is 2. The van der Waals surface area contributed by atoms with Gasteiger partial charge < -0.3 is 4.74 Å². The van der Waals surface area contributed by atoms with Gasteiger partial charge in [-0.15, -0.1) is 23.2 Å². The Morgan fingerprint density at radius 1 is 1.38 bits per heavy atom. The third kappa shape index (κ3) is 2.69. The fourth-order valence-electron chi connectivity index (χ4n) is 1.39. The molecule has 0 fully saturated rings. The van der Waals surface area contributed by atoms with Gasteiger partial charge in [0.1, 0.15) is 11.1 Å². The van der Waals surface area contributed by atoms with E-state index in [1.807, 2.05) is 19.9 Å². The summed E-state index contributed by atoms with van der Waals surface area (Å²) in [4.78, 5) is 11.9. The molecule has 0 saturated heterocycles. The number of aryl methyl sites for hydroxylation is 2. The van der Waals surface area contributed by atoms with Gasteiger partial charge in [-0.1, -0.05) is 0 Å². The number of carbonyl (C=O) groups is 1. The van der Waals surface area contributed by atoms with Crippen molar-refractivity contribution in [3.63, 3.8) is 0 Å². The summed E-state index contributed by atoms with van der Waals surface area (Å²) in [5, 5.41) is -0.710. The van der Waals surface area contributed by atoms with Gasteiger partial charge in [0.2, 0.25) is 0 Å². The molecular formula is C12H14Cl2O2. The minimum absolute atomic E-state index is 0.0937. The molecule has 0 aliphatic rings. The summed E-state index contributed by atoms with van der Waals surface area (Å²) in [6.45, 7) is 3.90. The number of alkyl halides is 2. The average Bonchev–Trinajstić information content (AvgIpc) is 2.30. The lowest BCUT2D eigenvalue weighted by atomic mass is 10.0. The van der Waals surface area contributed by atoms with Crippen LogP contribution in [0.25, 0.3) is 0 Å². The molecule has 1 unspecified atom stereocenters. The lowest BCUT2D eigenvalue weighted by molar-refractivity contribution is 0.0989. The highest BCUT2D eigenvalue weighted by molar-refractivity contribution is 6.38. The van der Waals surface area contributed by atoms with Crippen molar-refractivity contribution in [1.82, 2.24) is 0 Å². The number of rotatable bonds is 4. The maximum absolute atomic E-state index is 11.9. The topological polar surface area (TPSA) is 26.3 Å². The van der Waals surface area contributed by atoms with E-state index in [-0.39, 0.29) is 11.7 Å². The normalized spacial score (nSPS) is 12.3. The van der Waals surface area contributed by atoms with E-state index in [0.29, 0.717) is 11.3 Å². The Morgan fingerprint density at radius 2 is 1.94 bits per heavy atom. The number of benzene rings is 1. The van der Waals surface area contributed by atoms with Crippen LogP contribution in [0.3, 0.4) is 0 Å². The Morgan fingerprint density at radius 3 is 2.44 bits per heavy atom. The first kappa shape index (κ1) is 13.3. The molecule has 0 saturated carbocycles. The van der Waals surface area contributed by atoms with Crippen molar-refractivity contribution in [1.29, 1.82) is 0 Å². The van der Waals surface area contributed by atoms with Gasteiger partial charge in [0.15, 0.2) is 5.78 Å². The largest absolute Gasteiger partial charge is 0.496 e. The van der Waals surface area contributed by atoms with Crippen molar-refractivity contribution in [2.75, 3.05) is 13.0 Å². The van der Waals surface area contributed by atoms with Crippen molar-refractivity contribution in [2.24, 2.45) is 0 Å². The third-order valence-electron chi connectivity index (χ3n) is 2.50. The van der Waals surface area contributed by atoms with Crippen LogP contribution in [0, 0.1) is 13.8 Å². The monoisotopic (exact) mass is 260 g/mol. The SMILES string of the molecule is COc1cc(C)c(C)cc1C(=O)C(Cl)CCl. The Hall–Kier alpha value is -0.730. The van der Waals surface area contributed by atoms with Crippen LogP contribution in [-0.4, -0.2) is 24.2 Å². The fourth-order valence-corrected chi connectivity index (χ4v) is 1.65. The molecule has 0 bridgehead atoms. The van der Waals surface area contributed by atoms with Gasteiger partial charge in [0.25, 0.3) is 0 Å². The smallest absolute Gasteiger partial charge is 0.185 e. The zero-order valence-electron chi connectivity index (χ0n) is 9.51. The van der Waals surface area contributed by atoms with Crippen LogP contribution in [-0.2, 0) is 0 Å². The summed E-state index contributed by atoms with van der Waals surface area (Å²) in [7, 11) is 1.53. The van der Waals surface area contributed by atoms with E-state index in [9.17, 15) is 4.79 Å². The van der Waals surface area contributed by atoms with E-state index >= 15 is 0 Å². The number of methoxy groups -OCH3 is 1. The predicted octanol–water partition coefficient (Wildman–Crippen LogP) is 3.34. The zero-order valence-corrected chi connectivity index (χ0v) is 11.0. The van der Waals surface area contributed by atoms with Gasteiger partial charge in [-0.3, -0.25) is 4.79 Å². The number of carbonyl (C=O) groups excluding carboxylic acids is 1. The second kappa shape index (κ2) is 5.55. The lowest BCUT2D eigenvalue weighted by Crippen LogP contribution is -2.17. The average molecular weight is 261 g/mol. The standard InChI is InChI=1S/C12H14Cl2O2/c1-7-4-9(12(15)10(14)6-13)11(16-3)5-8(7)2/h4-5,10H,6H2,1-3H3. The highest BCUT2D eigenvalue weighted by atomic mass is 35.5. The maximum atomic E-state index is 11.9. The van der Waals surface area contributed by atoms with E-state index in [2.05, 4.69) is 0 Å². The van der Waals surface area contributed by atoms with E-state index in [4.69, 9.17) is 27.9 Å². The van der Waals surface area contributed by atoms with Crippen LogP contribution in [0.2, 0.25) is 0 Å². The zero-order chi connectivity index (χ0) is 12.3. The molecule has 0 N–H and O–H groups in total. The van der Waals surface area contributed by atoms with Crippen LogP contribution in [0.1, 0.15) is 21.5 Å². The fraction of sp³-hybridized carbons (Fsp3) is 0.417. The van der Waals surface area contributed by atoms with Gasteiger partial charge in [0.05, 0.1) is 12.7 Å². The van der Waals surface area contributed by atoms with Gasteiger partial charge >= 0.3 is 0 Å². The van der Waals surface area contributed by atoms with Crippen LogP contribution in [0.5, 0.6) is 5.75 Å². The summed E-state index contributed by atoms with van der Waals surface area (Å²) < 4.78 is 5.17. The maximum Gasteiger partial charge on any atom is 0.185 e. The minimum Gasteiger partial charge on any atom is -0.496 e. The summed E-state index contributed by atoms with van der Waals surface area (Å²) in [6, 6.07) is 3.62. The Balaban J connectivity index is 3.21. The van der Waals surface area contributed by atoms with Crippen LogP contribution in [0.15, 0.2) is 12.1 Å². The lowest BCUT2D eigenvalue weighted by Gasteiger charge is -2.12. The van der Waals surface area contributed by atoms with Gasteiger partial charge in [-0.2, -0.15) is 0 Å². The third-order valence-corrected chi connectivity index (χ3v) is 3.32. The van der Waals surface area contributed by atoms with Crippen LogP contribution >= 0.6 is 23.2 Å². The van der Waals surface area contributed by atoms with Crippen molar-refractivity contribution in [3.05, 3.63) is 28.8 Å². The molecule has 0 radical (unpaired) electrons. The number of ether oxygens (including phenoxy) is 1. The first-order valence-corrected chi connectivity index (χ1v) is 5.87. The van der Waals surface area contributed by atoms with Crippen LogP contribution < -0.4 is 4.74 Å². The molecule has 1 rings (SSSR count). The van der Waals surface area contributed by atoms with Gasteiger partial charge in [-0.25, -0.2) is 0 Å². The van der Waals surface area contributed by atoms with Crippen LogP contribution in [0.4, 0.5) is 0 Å². The molecule has 1 aromatic rings. The van der Waals surface area contributed by atoms with Gasteiger partial charge in [-0.05, 0) is 37.1 Å². The molecule has 16 heavy (non-hydrogen) atoms. The number of halogens is 2. The van der Waals surface area contributed by atoms with Gasteiger partial charge in [0, 0.05) is 5.88 Å². The second-order valence-corrected chi connectivity index (χ2v) is 4.46. The van der Waals surface area contributed by atoms with Crippen molar-refractivity contribution < 1.29 is 9.53 Å². The molecule has 0 amide bonds. The molecule has 0 spiro atoms. The predicted molar refractivity (Wildman–Crippen MR) is 67.2 cm³/mol. The summed E-state index contributed by atoms with van der Waals surface area (Å²) in [5.74, 6) is 0.441. The highest BCUT2D eigenvalue weighted by Crippen LogP contribution is 2.25. The highest BCUT2D eigenvalue weighted by Gasteiger charge is 2.20. The Kier molecular flexibility index (Phi) is 4.63. The van der Waals surface area contributed by atoms with Crippen molar-refractivity contribution in [3.8, 4) is 5.75 Å². The number of Topliss-reactive ketones (excluding diaryl/α,β-unsaturated/α-hetero) is 1. The van der Waals surface area contributed by atoms with Crippen molar-refractivity contribution >= 4 is 29.0 Å². The molecule has 0 heterocycles.